The molecular formula is C20H16N4O6. The number of rotatable bonds is 5. The number of fused-ring (bicyclic) bond motifs is 1. The lowest BCUT2D eigenvalue weighted by atomic mass is 10.1. The first-order valence-electron chi connectivity index (χ1n) is 8.98. The molecule has 3 aromatic rings. The van der Waals surface area contributed by atoms with Crippen LogP contribution >= 0.6 is 0 Å². The Kier molecular flexibility index (Phi) is 4.88. The quantitative estimate of drug-likeness (QED) is 0.508. The summed E-state index contributed by atoms with van der Waals surface area (Å²) in [6, 6.07) is 12.8. The highest BCUT2D eigenvalue weighted by Crippen LogP contribution is 2.35. The Hall–Kier alpha value is -4.21. The molecule has 30 heavy (non-hydrogen) atoms. The smallest absolute Gasteiger partial charge is 0.292 e. The third kappa shape index (κ3) is 3.58. The van der Waals surface area contributed by atoms with E-state index >= 15 is 0 Å². The fraction of sp³-hybridized carbons (Fsp3) is 0.150. The van der Waals surface area contributed by atoms with Gasteiger partial charge in [0.25, 0.3) is 11.2 Å². The molecule has 1 aliphatic heterocycles. The largest absolute Gasteiger partial charge is 0.454 e. The molecule has 1 atom stereocenters. The lowest BCUT2D eigenvalue weighted by Gasteiger charge is -2.15. The molecule has 4 rings (SSSR count). The standard InChI is InChI=1S/C20H16N4O6/c1-12(20(26)21-15-4-2-3-5-16(15)24(27)28)23-19(25)9-7-14(22-23)13-6-8-17-18(10-13)30-11-29-17/h2-10,12H,11H2,1H3,(H,21,26). The lowest BCUT2D eigenvalue weighted by molar-refractivity contribution is -0.383. The molecule has 1 aromatic heterocycles. The normalized spacial score (nSPS) is 13.0. The van der Waals surface area contributed by atoms with Gasteiger partial charge in [-0.05, 0) is 37.3 Å². The van der Waals surface area contributed by atoms with Gasteiger partial charge in [-0.1, -0.05) is 12.1 Å². The number of benzene rings is 2. The van der Waals surface area contributed by atoms with E-state index in [0.29, 0.717) is 22.8 Å². The van der Waals surface area contributed by atoms with Crippen molar-refractivity contribution < 1.29 is 19.2 Å². The topological polar surface area (TPSA) is 126 Å². The van der Waals surface area contributed by atoms with Crippen molar-refractivity contribution in [2.75, 3.05) is 12.1 Å². The predicted molar refractivity (Wildman–Crippen MR) is 106 cm³/mol. The van der Waals surface area contributed by atoms with Crippen molar-refractivity contribution in [2.45, 2.75) is 13.0 Å². The van der Waals surface area contributed by atoms with Gasteiger partial charge in [0, 0.05) is 17.7 Å². The van der Waals surface area contributed by atoms with E-state index in [1.165, 1.54) is 31.2 Å². The van der Waals surface area contributed by atoms with Crippen molar-refractivity contribution in [3.8, 4) is 22.8 Å². The zero-order valence-electron chi connectivity index (χ0n) is 15.8. The maximum atomic E-state index is 12.7. The van der Waals surface area contributed by atoms with Crippen LogP contribution in [-0.2, 0) is 4.79 Å². The molecule has 0 radical (unpaired) electrons. The highest BCUT2D eigenvalue weighted by molar-refractivity contribution is 5.95. The molecule has 10 heteroatoms. The number of hydrogen-bond acceptors (Lipinski definition) is 7. The fourth-order valence-corrected chi connectivity index (χ4v) is 3.00. The third-order valence-electron chi connectivity index (χ3n) is 4.60. The molecule has 0 bridgehead atoms. The average Bonchev–Trinajstić information content (AvgIpc) is 3.21. The number of ether oxygens (including phenoxy) is 2. The van der Waals surface area contributed by atoms with E-state index in [9.17, 15) is 19.7 Å². The molecule has 1 N–H and O–H groups in total. The Morgan fingerprint density at radius 1 is 1.17 bits per heavy atom. The zero-order valence-corrected chi connectivity index (χ0v) is 15.8. The monoisotopic (exact) mass is 408 g/mol. The van der Waals surface area contributed by atoms with E-state index in [-0.39, 0.29) is 18.2 Å². The Balaban J connectivity index is 1.62. The molecule has 10 nitrogen and oxygen atoms in total. The fourth-order valence-electron chi connectivity index (χ4n) is 3.00. The first-order chi connectivity index (χ1) is 14.4. The lowest BCUT2D eigenvalue weighted by Crippen LogP contribution is -2.33. The van der Waals surface area contributed by atoms with Crippen LogP contribution in [-0.4, -0.2) is 27.4 Å². The van der Waals surface area contributed by atoms with E-state index in [1.807, 2.05) is 0 Å². The van der Waals surface area contributed by atoms with Crippen molar-refractivity contribution in [3.05, 3.63) is 75.1 Å². The second kappa shape index (κ2) is 7.66. The van der Waals surface area contributed by atoms with Gasteiger partial charge in [0.1, 0.15) is 11.7 Å². The summed E-state index contributed by atoms with van der Waals surface area (Å²) < 4.78 is 11.7. The minimum atomic E-state index is -1.01. The molecule has 1 amide bonds. The minimum absolute atomic E-state index is 0.0410. The molecule has 0 saturated carbocycles. The van der Waals surface area contributed by atoms with Crippen LogP contribution in [0, 0.1) is 10.1 Å². The Labute approximate surface area is 169 Å². The van der Waals surface area contributed by atoms with Crippen molar-refractivity contribution >= 4 is 17.3 Å². The number of nitro benzene ring substituents is 1. The molecule has 1 aliphatic rings. The Morgan fingerprint density at radius 3 is 2.73 bits per heavy atom. The van der Waals surface area contributed by atoms with Crippen LogP contribution < -0.4 is 20.3 Å². The first-order valence-corrected chi connectivity index (χ1v) is 8.98. The molecule has 2 aromatic carbocycles. The first kappa shape index (κ1) is 19.1. The SMILES string of the molecule is CC(C(=O)Nc1ccccc1[N+](=O)[O-])n1nc(-c2ccc3c(c2)OCO3)ccc1=O. The van der Waals surface area contributed by atoms with E-state index in [2.05, 4.69) is 10.4 Å². The Morgan fingerprint density at radius 2 is 1.93 bits per heavy atom. The van der Waals surface area contributed by atoms with Gasteiger partial charge in [-0.3, -0.25) is 19.7 Å². The Bertz CT molecular complexity index is 1210. The van der Waals surface area contributed by atoms with Gasteiger partial charge in [-0.2, -0.15) is 5.10 Å². The van der Waals surface area contributed by atoms with Gasteiger partial charge in [0.05, 0.1) is 10.6 Å². The van der Waals surface area contributed by atoms with Gasteiger partial charge < -0.3 is 14.8 Å². The highest BCUT2D eigenvalue weighted by atomic mass is 16.7. The van der Waals surface area contributed by atoms with E-state index in [4.69, 9.17) is 9.47 Å². The summed E-state index contributed by atoms with van der Waals surface area (Å²) in [7, 11) is 0. The summed E-state index contributed by atoms with van der Waals surface area (Å²) in [6.45, 7) is 1.62. The van der Waals surface area contributed by atoms with Crippen LogP contribution in [0.1, 0.15) is 13.0 Å². The maximum absolute atomic E-state index is 12.7. The minimum Gasteiger partial charge on any atom is -0.454 e. The molecule has 1 unspecified atom stereocenters. The number of nitro groups is 1. The second-order valence-corrected chi connectivity index (χ2v) is 6.51. The van der Waals surface area contributed by atoms with Crippen LogP contribution in [0.15, 0.2) is 59.4 Å². The number of nitrogens with one attached hydrogen (secondary N) is 1. The molecular weight excluding hydrogens is 392 g/mol. The van der Waals surface area contributed by atoms with E-state index < -0.39 is 22.4 Å². The molecule has 0 spiro atoms. The summed E-state index contributed by atoms with van der Waals surface area (Å²) >= 11 is 0. The van der Waals surface area contributed by atoms with Crippen LogP contribution in [0.3, 0.4) is 0 Å². The summed E-state index contributed by atoms with van der Waals surface area (Å²) in [5.74, 6) is 0.570. The predicted octanol–water partition coefficient (Wildman–Crippen LogP) is 2.75. The van der Waals surface area contributed by atoms with Crippen LogP contribution in [0.25, 0.3) is 11.3 Å². The van der Waals surface area contributed by atoms with Crippen molar-refractivity contribution in [2.24, 2.45) is 0 Å². The number of aromatic nitrogens is 2. The molecule has 2 heterocycles. The number of carbonyl (C=O) groups excluding carboxylic acids is 1. The number of para-hydroxylation sites is 2. The number of hydrogen-bond donors (Lipinski definition) is 1. The number of anilines is 1. The number of carbonyl (C=O) groups is 1. The van der Waals surface area contributed by atoms with E-state index in [1.54, 1.807) is 30.3 Å². The van der Waals surface area contributed by atoms with Crippen LogP contribution in [0.4, 0.5) is 11.4 Å². The molecule has 0 saturated heterocycles. The molecule has 0 aliphatic carbocycles. The van der Waals surface area contributed by atoms with Gasteiger partial charge in [0.15, 0.2) is 11.5 Å². The van der Waals surface area contributed by atoms with Crippen LogP contribution in [0.2, 0.25) is 0 Å². The molecule has 152 valence electrons. The molecule has 0 fully saturated rings. The third-order valence-corrected chi connectivity index (χ3v) is 4.60. The van der Waals surface area contributed by atoms with Crippen LogP contribution in [0.5, 0.6) is 11.5 Å². The average molecular weight is 408 g/mol. The highest BCUT2D eigenvalue weighted by Gasteiger charge is 2.22. The summed E-state index contributed by atoms with van der Waals surface area (Å²) in [5.41, 5.74) is 0.453. The number of nitrogens with zero attached hydrogens (tertiary/aromatic N) is 3. The van der Waals surface area contributed by atoms with Crippen molar-refractivity contribution in [1.82, 2.24) is 9.78 Å². The van der Waals surface area contributed by atoms with Gasteiger partial charge >= 0.3 is 0 Å². The zero-order chi connectivity index (χ0) is 21.3. The second-order valence-electron chi connectivity index (χ2n) is 6.51. The maximum Gasteiger partial charge on any atom is 0.292 e. The van der Waals surface area contributed by atoms with E-state index in [0.717, 1.165) is 4.68 Å². The number of amides is 1. The summed E-state index contributed by atoms with van der Waals surface area (Å²) in [4.78, 5) is 35.6. The van der Waals surface area contributed by atoms with Crippen molar-refractivity contribution in [3.63, 3.8) is 0 Å². The van der Waals surface area contributed by atoms with Gasteiger partial charge in [0.2, 0.25) is 12.7 Å². The van der Waals surface area contributed by atoms with Gasteiger partial charge in [-0.25, -0.2) is 4.68 Å². The summed E-state index contributed by atoms with van der Waals surface area (Å²) in [5, 5.41) is 17.9. The van der Waals surface area contributed by atoms with Crippen molar-refractivity contribution in [1.29, 1.82) is 0 Å². The van der Waals surface area contributed by atoms with Gasteiger partial charge in [-0.15, -0.1) is 0 Å². The summed E-state index contributed by atoms with van der Waals surface area (Å²) in [6.07, 6.45) is 0.